The van der Waals surface area contributed by atoms with Gasteiger partial charge in [0.1, 0.15) is 16.4 Å². The highest BCUT2D eigenvalue weighted by molar-refractivity contribution is 7.92. The van der Waals surface area contributed by atoms with Crippen LogP contribution in [0.3, 0.4) is 0 Å². The van der Waals surface area contributed by atoms with E-state index in [1.54, 1.807) is 24.0 Å². The maximum absolute atomic E-state index is 15.2. The number of carbonyl (C=O) groups is 2. The molecule has 1 N–H and O–H groups in total. The molecule has 2 fully saturated rings. The van der Waals surface area contributed by atoms with Crippen molar-refractivity contribution in [3.05, 3.63) is 77.0 Å². The molecule has 6 rings (SSSR count). The molecule has 264 valence electrons. The molecule has 0 radical (unpaired) electrons. The number of ketones is 1. The minimum absolute atomic E-state index is 0.00672. The van der Waals surface area contributed by atoms with Crippen molar-refractivity contribution in [2.45, 2.75) is 41.5 Å². The van der Waals surface area contributed by atoms with Crippen molar-refractivity contribution >= 4 is 21.7 Å². The summed E-state index contributed by atoms with van der Waals surface area (Å²) in [5.74, 6) is -0.406. The van der Waals surface area contributed by atoms with Crippen LogP contribution in [0.1, 0.15) is 47.3 Å². The molecule has 2 saturated heterocycles. The zero-order chi connectivity index (χ0) is 35.6. The van der Waals surface area contributed by atoms with Crippen LogP contribution in [0.2, 0.25) is 0 Å². The number of fused-ring (bicyclic) bond motifs is 1. The molecule has 0 spiro atoms. The number of hydrogen-bond acceptors (Lipinski definition) is 11. The number of hydrogen-bond donors (Lipinski definition) is 1. The molecule has 3 heterocycles. The maximum atomic E-state index is 15.2. The summed E-state index contributed by atoms with van der Waals surface area (Å²) in [7, 11) is 0.376. The van der Waals surface area contributed by atoms with Crippen molar-refractivity contribution in [3.63, 3.8) is 0 Å². The number of piperazine rings is 1. The summed E-state index contributed by atoms with van der Waals surface area (Å²) in [5.41, 5.74) is -1.43. The number of pyridine rings is 1. The first-order valence-corrected chi connectivity index (χ1v) is 18.3. The summed E-state index contributed by atoms with van der Waals surface area (Å²) in [6.45, 7) is 6.19. The Morgan fingerprint density at radius 1 is 1.02 bits per heavy atom. The minimum Gasteiger partial charge on any atom is -0.497 e. The lowest BCUT2D eigenvalue weighted by molar-refractivity contribution is -0.122. The molecule has 1 aliphatic carbocycles. The van der Waals surface area contributed by atoms with Crippen molar-refractivity contribution in [2.24, 2.45) is 0 Å². The lowest BCUT2D eigenvalue weighted by Gasteiger charge is -2.43. The largest absolute Gasteiger partial charge is 0.497 e. The molecular weight excluding hydrogens is 660 g/mol. The first-order chi connectivity index (χ1) is 24.1. The average molecular weight is 703 g/mol. The molecule has 2 aromatic carbocycles. The van der Waals surface area contributed by atoms with Crippen LogP contribution in [-0.4, -0.2) is 113 Å². The van der Waals surface area contributed by atoms with Gasteiger partial charge in [-0.05, 0) is 87.4 Å². The number of nitriles is 1. The molecule has 13 nitrogen and oxygen atoms in total. The number of nitrogens with one attached hydrogen (secondary N) is 1. The second-order valence-corrected chi connectivity index (χ2v) is 14.7. The van der Waals surface area contributed by atoms with Crippen LogP contribution in [0.5, 0.6) is 17.4 Å². The summed E-state index contributed by atoms with van der Waals surface area (Å²) in [6.07, 6.45) is 3.62. The molecule has 14 heteroatoms. The number of benzene rings is 2. The highest BCUT2D eigenvalue weighted by Crippen LogP contribution is 2.52. The van der Waals surface area contributed by atoms with Crippen LogP contribution >= 0.6 is 0 Å². The Kier molecular flexibility index (Phi) is 10.0. The van der Waals surface area contributed by atoms with Gasteiger partial charge in [-0.1, -0.05) is 6.07 Å². The Bertz CT molecular complexity index is 1920. The van der Waals surface area contributed by atoms with E-state index in [-0.39, 0.29) is 45.4 Å². The van der Waals surface area contributed by atoms with Crippen LogP contribution in [0, 0.1) is 11.3 Å². The Hall–Kier alpha value is -4.71. The van der Waals surface area contributed by atoms with E-state index in [0.29, 0.717) is 38.0 Å². The van der Waals surface area contributed by atoms with Crippen LogP contribution in [0.25, 0.3) is 0 Å². The number of sulfone groups is 1. The van der Waals surface area contributed by atoms with E-state index in [4.69, 9.17) is 14.2 Å². The standard InChI is InChI=1S/C36H42N6O7S/c1-5-49-34-28(7-6-14-38-34)36(39-35(44)42-19-17-41(18-20-42)25-12-15-40(2)16-13-25)29-21-24(23-37)8-10-27(29)32(33(36)43)50(45,46)31-11-9-26(47-3)22-30(31)48-4/h6-11,14,21-22,25,32H,5,12-13,15-20H2,1-4H3,(H,39,44). The van der Waals surface area contributed by atoms with Crippen molar-refractivity contribution in [1.29, 1.82) is 5.26 Å². The zero-order valence-electron chi connectivity index (χ0n) is 28.7. The van der Waals surface area contributed by atoms with E-state index in [0.717, 1.165) is 25.9 Å². The predicted octanol–water partition coefficient (Wildman–Crippen LogP) is 3.13. The Balaban J connectivity index is 1.45. The number of urea groups is 1. The zero-order valence-corrected chi connectivity index (χ0v) is 29.5. The Labute approximate surface area is 292 Å². The Morgan fingerprint density at radius 3 is 2.42 bits per heavy atom. The fourth-order valence-electron chi connectivity index (χ4n) is 7.39. The van der Waals surface area contributed by atoms with Gasteiger partial charge in [0.25, 0.3) is 0 Å². The van der Waals surface area contributed by atoms with Crippen LogP contribution in [-0.2, 0) is 20.2 Å². The number of piperidine rings is 1. The number of rotatable bonds is 9. The van der Waals surface area contributed by atoms with Gasteiger partial charge < -0.3 is 29.3 Å². The van der Waals surface area contributed by atoms with Crippen LogP contribution in [0.4, 0.5) is 4.79 Å². The monoisotopic (exact) mass is 702 g/mol. The van der Waals surface area contributed by atoms with E-state index in [2.05, 4.69) is 33.2 Å². The molecule has 1 aromatic heterocycles. The first kappa shape index (κ1) is 35.1. The van der Waals surface area contributed by atoms with E-state index in [1.807, 2.05) is 0 Å². The molecule has 2 unspecified atom stereocenters. The summed E-state index contributed by atoms with van der Waals surface area (Å²) >= 11 is 0. The Morgan fingerprint density at radius 2 is 1.76 bits per heavy atom. The smallest absolute Gasteiger partial charge is 0.318 e. The molecule has 2 atom stereocenters. The lowest BCUT2D eigenvalue weighted by atomic mass is 9.83. The second-order valence-electron chi connectivity index (χ2n) is 12.7. The van der Waals surface area contributed by atoms with E-state index < -0.39 is 32.4 Å². The second kappa shape index (κ2) is 14.3. The van der Waals surface area contributed by atoms with Gasteiger partial charge in [-0.2, -0.15) is 5.26 Å². The highest BCUT2D eigenvalue weighted by Gasteiger charge is 2.60. The SMILES string of the molecule is CCOc1ncccc1C1(NC(=O)N2CCN(C3CCN(C)CC3)CC2)C(=O)C(S(=O)(=O)c2ccc(OC)cc2OC)c2ccc(C#N)cc21. The molecule has 50 heavy (non-hydrogen) atoms. The van der Waals surface area contributed by atoms with E-state index in [9.17, 15) is 18.5 Å². The van der Waals surface area contributed by atoms with E-state index >= 15 is 4.79 Å². The molecule has 0 saturated carbocycles. The number of Topliss-reactive ketones (excluding diaryl/α,β-unsaturated/α-hetero) is 1. The molecule has 0 bridgehead atoms. The van der Waals surface area contributed by atoms with Gasteiger partial charge >= 0.3 is 6.03 Å². The average Bonchev–Trinajstić information content (AvgIpc) is 3.39. The molecule has 2 amide bonds. The normalized spacial score (nSPS) is 21.7. The maximum Gasteiger partial charge on any atom is 0.318 e. The van der Waals surface area contributed by atoms with Crippen molar-refractivity contribution in [1.82, 2.24) is 25.0 Å². The first-order valence-electron chi connectivity index (χ1n) is 16.7. The van der Waals surface area contributed by atoms with Crippen molar-refractivity contribution in [3.8, 4) is 23.4 Å². The third-order valence-electron chi connectivity index (χ3n) is 10.0. The fourth-order valence-corrected chi connectivity index (χ4v) is 9.32. The van der Waals surface area contributed by atoms with Gasteiger partial charge in [-0.15, -0.1) is 0 Å². The molecule has 3 aliphatic rings. The number of methoxy groups -OCH3 is 2. The molecular formula is C36H42N6O7S. The van der Waals surface area contributed by atoms with Gasteiger partial charge in [0.15, 0.2) is 26.4 Å². The third-order valence-corrected chi connectivity index (χ3v) is 12.1. The molecule has 2 aliphatic heterocycles. The lowest BCUT2D eigenvalue weighted by Crippen LogP contribution is -2.60. The van der Waals surface area contributed by atoms with Gasteiger partial charge in [0.05, 0.1) is 38.0 Å². The summed E-state index contributed by atoms with van der Waals surface area (Å²) in [6, 6.07) is 13.8. The van der Waals surface area contributed by atoms with Gasteiger partial charge in [0.2, 0.25) is 5.88 Å². The quantitative estimate of drug-likeness (QED) is 0.350. The molecule has 3 aromatic rings. The van der Waals surface area contributed by atoms with Crippen molar-refractivity contribution < 1.29 is 32.2 Å². The van der Waals surface area contributed by atoms with Crippen LogP contribution < -0.4 is 19.5 Å². The highest BCUT2D eigenvalue weighted by atomic mass is 32.2. The fraction of sp³-hybridized carbons (Fsp3) is 0.444. The summed E-state index contributed by atoms with van der Waals surface area (Å²) in [4.78, 5) is 40.1. The summed E-state index contributed by atoms with van der Waals surface area (Å²) < 4.78 is 46.0. The van der Waals surface area contributed by atoms with E-state index in [1.165, 1.54) is 56.8 Å². The van der Waals surface area contributed by atoms with Gasteiger partial charge in [0, 0.05) is 44.5 Å². The predicted molar refractivity (Wildman–Crippen MR) is 184 cm³/mol. The number of carbonyl (C=O) groups excluding carboxylic acids is 2. The topological polar surface area (TPSA) is 154 Å². The number of aromatic nitrogens is 1. The minimum atomic E-state index is -4.53. The summed E-state index contributed by atoms with van der Waals surface area (Å²) in [5, 5.41) is 11.2. The van der Waals surface area contributed by atoms with Gasteiger partial charge in [-0.3, -0.25) is 9.69 Å². The third kappa shape index (κ3) is 6.14. The number of amides is 2. The number of nitrogens with zero attached hydrogens (tertiary/aromatic N) is 5. The number of likely N-dealkylation sites (tertiary alicyclic amines) is 1. The van der Waals surface area contributed by atoms with Gasteiger partial charge in [-0.25, -0.2) is 18.2 Å². The van der Waals surface area contributed by atoms with Crippen molar-refractivity contribution in [2.75, 3.05) is 67.1 Å². The number of ether oxygens (including phenoxy) is 3. The van der Waals surface area contributed by atoms with Crippen LogP contribution in [0.15, 0.2) is 59.6 Å².